The van der Waals surface area contributed by atoms with Crippen LogP contribution in [0.4, 0.5) is 5.69 Å². The maximum atomic E-state index is 12.4. The smallest absolute Gasteiger partial charge is 0.257 e. The summed E-state index contributed by atoms with van der Waals surface area (Å²) in [6, 6.07) is 15.4. The Labute approximate surface area is 182 Å². The maximum Gasteiger partial charge on any atom is 0.257 e. The summed E-state index contributed by atoms with van der Waals surface area (Å²) in [5.74, 6) is 0.662. The van der Waals surface area contributed by atoms with Crippen molar-refractivity contribution in [3.63, 3.8) is 0 Å². The predicted molar refractivity (Wildman–Crippen MR) is 119 cm³/mol. The Hall–Kier alpha value is -3.49. The number of halogens is 1. The SMILES string of the molecule is COc1ccc(C(=O)NC(=S)Nc2ccc(Cl)c(-c3nc4ncccc4o3)c2)cc1. The van der Waals surface area contributed by atoms with Crippen LogP contribution in [0.3, 0.4) is 0 Å². The second kappa shape index (κ2) is 8.48. The number of thiocarbonyl (C=S) groups is 1. The molecule has 4 rings (SSSR count). The lowest BCUT2D eigenvalue weighted by atomic mass is 10.2. The maximum absolute atomic E-state index is 12.4. The summed E-state index contributed by atoms with van der Waals surface area (Å²) in [5, 5.41) is 6.20. The number of nitrogens with zero attached hydrogens (tertiary/aromatic N) is 2. The van der Waals surface area contributed by atoms with Gasteiger partial charge in [0.1, 0.15) is 5.75 Å². The molecule has 4 aromatic rings. The first-order valence-corrected chi connectivity index (χ1v) is 9.60. The first kappa shape index (κ1) is 19.8. The molecule has 2 aromatic carbocycles. The van der Waals surface area contributed by atoms with E-state index in [2.05, 4.69) is 20.6 Å². The number of carbonyl (C=O) groups is 1. The van der Waals surface area contributed by atoms with Gasteiger partial charge in [0.05, 0.1) is 17.7 Å². The molecule has 0 spiro atoms. The molecule has 0 saturated carbocycles. The molecule has 1 amide bonds. The van der Waals surface area contributed by atoms with Gasteiger partial charge in [0.25, 0.3) is 5.91 Å². The summed E-state index contributed by atoms with van der Waals surface area (Å²) >= 11 is 11.6. The Bertz CT molecular complexity index is 1210. The number of methoxy groups -OCH3 is 1. The van der Waals surface area contributed by atoms with Crippen molar-refractivity contribution in [3.8, 4) is 17.2 Å². The number of amides is 1. The van der Waals surface area contributed by atoms with Crippen molar-refractivity contribution in [2.45, 2.75) is 0 Å². The lowest BCUT2D eigenvalue weighted by Crippen LogP contribution is -2.34. The molecule has 2 aromatic heterocycles. The Morgan fingerprint density at radius 3 is 2.70 bits per heavy atom. The van der Waals surface area contributed by atoms with E-state index in [0.29, 0.717) is 44.7 Å². The summed E-state index contributed by atoms with van der Waals surface area (Å²) < 4.78 is 10.8. The van der Waals surface area contributed by atoms with Gasteiger partial charge < -0.3 is 14.5 Å². The fraction of sp³-hybridized carbons (Fsp3) is 0.0476. The van der Waals surface area contributed by atoms with Gasteiger partial charge in [0.15, 0.2) is 16.3 Å². The van der Waals surface area contributed by atoms with Crippen LogP contribution in [0.25, 0.3) is 22.7 Å². The molecule has 0 aliphatic heterocycles. The fourth-order valence-electron chi connectivity index (χ4n) is 2.73. The fourth-order valence-corrected chi connectivity index (χ4v) is 3.14. The molecule has 9 heteroatoms. The number of anilines is 1. The van der Waals surface area contributed by atoms with E-state index in [1.165, 1.54) is 0 Å². The van der Waals surface area contributed by atoms with E-state index in [-0.39, 0.29) is 11.0 Å². The normalized spacial score (nSPS) is 10.6. The Balaban J connectivity index is 1.49. The lowest BCUT2D eigenvalue weighted by molar-refractivity contribution is 0.0977. The summed E-state index contributed by atoms with van der Waals surface area (Å²) in [5.41, 5.74) is 2.69. The van der Waals surface area contributed by atoms with Crippen molar-refractivity contribution < 1.29 is 13.9 Å². The lowest BCUT2D eigenvalue weighted by Gasteiger charge is -2.11. The van der Waals surface area contributed by atoms with E-state index in [4.69, 9.17) is 33.0 Å². The van der Waals surface area contributed by atoms with Crippen molar-refractivity contribution in [2.75, 3.05) is 12.4 Å². The Morgan fingerprint density at radius 1 is 1.17 bits per heavy atom. The third kappa shape index (κ3) is 4.24. The van der Waals surface area contributed by atoms with Crippen LogP contribution in [0, 0.1) is 0 Å². The standard InChI is InChI=1S/C21H15ClN4O3S/c1-28-14-7-4-12(5-8-14)19(27)26-21(30)24-13-6-9-16(22)15(11-13)20-25-18-17(29-20)3-2-10-23-18/h2-11H,1H3,(H2,24,26,27,30). The van der Waals surface area contributed by atoms with Gasteiger partial charge in [-0.05, 0) is 66.8 Å². The van der Waals surface area contributed by atoms with E-state index < -0.39 is 0 Å². The van der Waals surface area contributed by atoms with Gasteiger partial charge in [-0.2, -0.15) is 4.98 Å². The number of pyridine rings is 1. The van der Waals surface area contributed by atoms with Gasteiger partial charge in [0, 0.05) is 17.4 Å². The average Bonchev–Trinajstić information content (AvgIpc) is 3.19. The van der Waals surface area contributed by atoms with Gasteiger partial charge in [-0.15, -0.1) is 0 Å². The van der Waals surface area contributed by atoms with E-state index in [9.17, 15) is 4.79 Å². The third-order valence-corrected chi connectivity index (χ3v) is 4.73. The zero-order chi connectivity index (χ0) is 21.1. The van der Waals surface area contributed by atoms with Gasteiger partial charge in [0.2, 0.25) is 5.89 Å². The number of aromatic nitrogens is 2. The zero-order valence-electron chi connectivity index (χ0n) is 15.7. The molecule has 0 aliphatic carbocycles. The molecule has 2 heterocycles. The molecule has 0 saturated heterocycles. The van der Waals surface area contributed by atoms with E-state index in [1.807, 2.05) is 0 Å². The highest BCUT2D eigenvalue weighted by Gasteiger charge is 2.14. The number of nitrogens with one attached hydrogen (secondary N) is 2. The van der Waals surface area contributed by atoms with Crippen LogP contribution < -0.4 is 15.4 Å². The largest absolute Gasteiger partial charge is 0.497 e. The molecule has 150 valence electrons. The van der Waals surface area contributed by atoms with Gasteiger partial charge in [-0.1, -0.05) is 11.6 Å². The molecule has 2 N–H and O–H groups in total. The highest BCUT2D eigenvalue weighted by Crippen LogP contribution is 2.31. The summed E-state index contributed by atoms with van der Waals surface area (Å²) in [7, 11) is 1.56. The number of oxazole rings is 1. The van der Waals surface area contributed by atoms with Crippen LogP contribution in [0.2, 0.25) is 5.02 Å². The number of hydrogen-bond donors (Lipinski definition) is 2. The van der Waals surface area contributed by atoms with E-state index in [1.54, 1.807) is 67.9 Å². The summed E-state index contributed by atoms with van der Waals surface area (Å²) in [6.45, 7) is 0. The molecule has 0 unspecified atom stereocenters. The predicted octanol–water partition coefficient (Wildman–Crippen LogP) is 4.68. The van der Waals surface area contributed by atoms with Gasteiger partial charge in [-0.3, -0.25) is 10.1 Å². The van der Waals surface area contributed by atoms with Gasteiger partial charge >= 0.3 is 0 Å². The van der Waals surface area contributed by atoms with Gasteiger partial charge in [-0.25, -0.2) is 4.98 Å². The minimum Gasteiger partial charge on any atom is -0.497 e. The van der Waals surface area contributed by atoms with Crippen LogP contribution in [-0.2, 0) is 0 Å². The number of rotatable bonds is 4. The van der Waals surface area contributed by atoms with E-state index in [0.717, 1.165) is 0 Å². The van der Waals surface area contributed by atoms with Crippen molar-refractivity contribution in [1.82, 2.24) is 15.3 Å². The monoisotopic (exact) mass is 438 g/mol. The second-order valence-corrected chi connectivity index (χ2v) is 6.99. The molecule has 0 bridgehead atoms. The van der Waals surface area contributed by atoms with Crippen LogP contribution in [-0.4, -0.2) is 28.1 Å². The molecular formula is C21H15ClN4O3S. The minimum absolute atomic E-state index is 0.142. The van der Waals surface area contributed by atoms with Crippen LogP contribution in [0.5, 0.6) is 5.75 Å². The molecular weight excluding hydrogens is 424 g/mol. The molecule has 0 aliphatic rings. The van der Waals surface area contributed by atoms with Crippen LogP contribution >= 0.6 is 23.8 Å². The molecule has 0 radical (unpaired) electrons. The van der Waals surface area contributed by atoms with E-state index >= 15 is 0 Å². The Morgan fingerprint density at radius 2 is 1.97 bits per heavy atom. The summed E-state index contributed by atoms with van der Waals surface area (Å²) in [6.07, 6.45) is 1.64. The number of fused-ring (bicyclic) bond motifs is 1. The molecule has 30 heavy (non-hydrogen) atoms. The Kier molecular flexibility index (Phi) is 5.60. The van der Waals surface area contributed by atoms with Crippen molar-refractivity contribution in [3.05, 3.63) is 71.4 Å². The topological polar surface area (TPSA) is 89.3 Å². The number of ether oxygens (including phenoxy) is 1. The first-order valence-electron chi connectivity index (χ1n) is 8.81. The van der Waals surface area contributed by atoms with Crippen molar-refractivity contribution in [2.24, 2.45) is 0 Å². The molecule has 0 fully saturated rings. The second-order valence-electron chi connectivity index (χ2n) is 6.18. The van der Waals surface area contributed by atoms with Crippen LogP contribution in [0.15, 0.2) is 65.2 Å². The first-order chi connectivity index (χ1) is 14.5. The highest BCUT2D eigenvalue weighted by molar-refractivity contribution is 7.80. The average molecular weight is 439 g/mol. The molecule has 0 atom stereocenters. The number of benzene rings is 2. The third-order valence-electron chi connectivity index (χ3n) is 4.20. The molecule has 7 nitrogen and oxygen atoms in total. The zero-order valence-corrected chi connectivity index (χ0v) is 17.3. The highest BCUT2D eigenvalue weighted by atomic mass is 35.5. The quantitative estimate of drug-likeness (QED) is 0.447. The van der Waals surface area contributed by atoms with Crippen molar-refractivity contribution >= 4 is 51.8 Å². The number of hydrogen-bond acceptors (Lipinski definition) is 6. The summed E-state index contributed by atoms with van der Waals surface area (Å²) in [4.78, 5) is 20.9. The van der Waals surface area contributed by atoms with Crippen LogP contribution in [0.1, 0.15) is 10.4 Å². The minimum atomic E-state index is -0.339. The van der Waals surface area contributed by atoms with Crippen molar-refractivity contribution in [1.29, 1.82) is 0 Å². The number of carbonyl (C=O) groups excluding carboxylic acids is 1.